The zero-order valence-corrected chi connectivity index (χ0v) is 11.8. The molecule has 0 unspecified atom stereocenters. The molecular weight excluding hydrogens is 210 g/mol. The first-order chi connectivity index (χ1) is 8.04. The van der Waals surface area contributed by atoms with Crippen LogP contribution in [0.2, 0.25) is 0 Å². The van der Waals surface area contributed by atoms with Crippen LogP contribution in [0.3, 0.4) is 0 Å². The number of carbonyl (C=O) groups is 1. The van der Waals surface area contributed by atoms with E-state index in [0.29, 0.717) is 5.57 Å². The number of unbranched alkanes of at least 4 members (excludes halogenated alkanes) is 5. The number of hydrogen-bond donors (Lipinski definition) is 1. The Labute approximate surface area is 107 Å². The molecule has 2 heteroatoms. The summed E-state index contributed by atoms with van der Waals surface area (Å²) in [6.45, 7) is 10.7. The molecule has 0 aliphatic rings. The summed E-state index contributed by atoms with van der Waals surface area (Å²) in [7, 11) is 0. The van der Waals surface area contributed by atoms with Crippen LogP contribution < -0.4 is 5.32 Å². The maximum absolute atomic E-state index is 11.2. The van der Waals surface area contributed by atoms with Gasteiger partial charge in [-0.1, -0.05) is 59.0 Å². The number of nitrogens with one attached hydrogen (secondary N) is 1. The smallest absolute Gasteiger partial charge is 0.246 e. The maximum Gasteiger partial charge on any atom is 0.246 e. The highest BCUT2D eigenvalue weighted by Gasteiger charge is 1.99. The van der Waals surface area contributed by atoms with E-state index < -0.39 is 0 Å². The molecule has 0 rings (SSSR count). The van der Waals surface area contributed by atoms with Crippen LogP contribution in [0.1, 0.15) is 65.7 Å². The Morgan fingerprint density at radius 2 is 1.59 bits per heavy atom. The minimum atomic E-state index is -0.0121. The summed E-state index contributed by atoms with van der Waals surface area (Å²) in [6.07, 6.45) is 9.01. The van der Waals surface area contributed by atoms with Gasteiger partial charge in [-0.15, -0.1) is 0 Å². The normalized spacial score (nSPS) is 10.6. The minimum absolute atomic E-state index is 0.0121. The molecule has 0 saturated carbocycles. The van der Waals surface area contributed by atoms with E-state index in [2.05, 4.69) is 25.7 Å². The summed E-state index contributed by atoms with van der Waals surface area (Å²) in [5.41, 5.74) is 0.596. The predicted octanol–water partition coefficient (Wildman–Crippen LogP) is 4.07. The summed E-state index contributed by atoms with van der Waals surface area (Å²) in [5, 5.41) is 2.86. The lowest BCUT2D eigenvalue weighted by molar-refractivity contribution is -0.117. The lowest BCUT2D eigenvalue weighted by Crippen LogP contribution is -2.24. The average Bonchev–Trinajstić information content (AvgIpc) is 2.25. The largest absolute Gasteiger partial charge is 0.352 e. The fourth-order valence-electron chi connectivity index (χ4n) is 1.74. The highest BCUT2D eigenvalue weighted by molar-refractivity contribution is 5.91. The summed E-state index contributed by atoms with van der Waals surface area (Å²) < 4.78 is 0. The number of amides is 1. The molecule has 0 aromatic heterocycles. The van der Waals surface area contributed by atoms with Gasteiger partial charge in [0.25, 0.3) is 0 Å². The second-order valence-corrected chi connectivity index (χ2v) is 5.34. The quantitative estimate of drug-likeness (QED) is 0.452. The van der Waals surface area contributed by atoms with Gasteiger partial charge < -0.3 is 5.32 Å². The van der Waals surface area contributed by atoms with Crippen LogP contribution in [-0.2, 0) is 4.79 Å². The van der Waals surface area contributed by atoms with Crippen LogP contribution in [0, 0.1) is 5.92 Å². The van der Waals surface area contributed by atoms with Gasteiger partial charge in [0.1, 0.15) is 0 Å². The lowest BCUT2D eigenvalue weighted by atomic mass is 10.0. The molecule has 0 bridgehead atoms. The Hall–Kier alpha value is -0.790. The molecule has 0 aliphatic heterocycles. The average molecular weight is 239 g/mol. The van der Waals surface area contributed by atoms with Gasteiger partial charge in [0.05, 0.1) is 0 Å². The molecule has 1 amide bonds. The highest BCUT2D eigenvalue weighted by Crippen LogP contribution is 2.11. The van der Waals surface area contributed by atoms with Crippen molar-refractivity contribution >= 4 is 5.91 Å². The van der Waals surface area contributed by atoms with E-state index in [1.54, 1.807) is 6.92 Å². The molecule has 0 atom stereocenters. The molecule has 0 aliphatic carbocycles. The van der Waals surface area contributed by atoms with Crippen molar-refractivity contribution in [3.63, 3.8) is 0 Å². The summed E-state index contributed by atoms with van der Waals surface area (Å²) >= 11 is 0. The standard InChI is InChI=1S/C15H29NO/c1-13(2)11-9-7-5-6-8-10-12-16-15(17)14(3)4/h13H,3,5-12H2,1-2,4H3,(H,16,17). The predicted molar refractivity (Wildman–Crippen MR) is 75.0 cm³/mol. The lowest BCUT2D eigenvalue weighted by Gasteiger charge is -2.05. The third-order valence-electron chi connectivity index (χ3n) is 2.88. The van der Waals surface area contributed by atoms with E-state index in [4.69, 9.17) is 0 Å². The molecule has 17 heavy (non-hydrogen) atoms. The zero-order chi connectivity index (χ0) is 13.1. The van der Waals surface area contributed by atoms with Crippen molar-refractivity contribution in [3.05, 3.63) is 12.2 Å². The Morgan fingerprint density at radius 1 is 1.06 bits per heavy atom. The highest BCUT2D eigenvalue weighted by atomic mass is 16.1. The zero-order valence-electron chi connectivity index (χ0n) is 11.8. The van der Waals surface area contributed by atoms with E-state index in [0.717, 1.165) is 18.9 Å². The summed E-state index contributed by atoms with van der Waals surface area (Å²) in [6, 6.07) is 0. The fraction of sp³-hybridized carbons (Fsp3) is 0.800. The van der Waals surface area contributed by atoms with E-state index in [-0.39, 0.29) is 5.91 Å². The van der Waals surface area contributed by atoms with Gasteiger partial charge in [0.2, 0.25) is 5.91 Å². The van der Waals surface area contributed by atoms with Crippen molar-refractivity contribution < 1.29 is 4.79 Å². The second-order valence-electron chi connectivity index (χ2n) is 5.34. The van der Waals surface area contributed by atoms with Crippen molar-refractivity contribution in [1.29, 1.82) is 0 Å². The van der Waals surface area contributed by atoms with Crippen molar-refractivity contribution in [2.45, 2.75) is 65.7 Å². The van der Waals surface area contributed by atoms with Crippen LogP contribution in [-0.4, -0.2) is 12.5 Å². The third kappa shape index (κ3) is 11.5. The Balaban J connectivity index is 3.14. The Kier molecular flexibility index (Phi) is 9.89. The van der Waals surface area contributed by atoms with Crippen LogP contribution in [0.5, 0.6) is 0 Å². The van der Waals surface area contributed by atoms with E-state index in [1.807, 2.05) is 0 Å². The second kappa shape index (κ2) is 10.4. The summed E-state index contributed by atoms with van der Waals surface area (Å²) in [4.78, 5) is 11.2. The van der Waals surface area contributed by atoms with Crippen molar-refractivity contribution in [1.82, 2.24) is 5.32 Å². The molecule has 2 nitrogen and oxygen atoms in total. The van der Waals surface area contributed by atoms with Crippen molar-refractivity contribution in [3.8, 4) is 0 Å². The number of carbonyl (C=O) groups excluding carboxylic acids is 1. The molecule has 0 aromatic rings. The first kappa shape index (κ1) is 16.2. The summed E-state index contributed by atoms with van der Waals surface area (Å²) in [5.74, 6) is 0.828. The van der Waals surface area contributed by atoms with Gasteiger partial charge in [-0.3, -0.25) is 4.79 Å². The first-order valence-corrected chi connectivity index (χ1v) is 6.97. The van der Waals surface area contributed by atoms with Crippen molar-refractivity contribution in [2.24, 2.45) is 5.92 Å². The number of rotatable bonds is 10. The van der Waals surface area contributed by atoms with Crippen LogP contribution in [0.15, 0.2) is 12.2 Å². The molecule has 0 aromatic carbocycles. The molecule has 0 spiro atoms. The van der Waals surface area contributed by atoms with Gasteiger partial charge in [-0.25, -0.2) is 0 Å². The molecule has 0 saturated heterocycles. The molecule has 0 fully saturated rings. The van der Waals surface area contributed by atoms with Crippen molar-refractivity contribution in [2.75, 3.05) is 6.54 Å². The van der Waals surface area contributed by atoms with Gasteiger partial charge in [0, 0.05) is 12.1 Å². The van der Waals surface area contributed by atoms with E-state index in [1.165, 1.54) is 38.5 Å². The van der Waals surface area contributed by atoms with Gasteiger partial charge in [-0.05, 0) is 19.3 Å². The van der Waals surface area contributed by atoms with E-state index in [9.17, 15) is 4.79 Å². The molecule has 0 radical (unpaired) electrons. The van der Waals surface area contributed by atoms with Gasteiger partial charge in [-0.2, -0.15) is 0 Å². The first-order valence-electron chi connectivity index (χ1n) is 6.97. The topological polar surface area (TPSA) is 29.1 Å². The van der Waals surface area contributed by atoms with Gasteiger partial charge in [0.15, 0.2) is 0 Å². The number of hydrogen-bond acceptors (Lipinski definition) is 1. The van der Waals surface area contributed by atoms with Gasteiger partial charge >= 0.3 is 0 Å². The molecular formula is C15H29NO. The SMILES string of the molecule is C=C(C)C(=O)NCCCCCCCCC(C)C. The fourth-order valence-corrected chi connectivity index (χ4v) is 1.74. The third-order valence-corrected chi connectivity index (χ3v) is 2.88. The molecule has 1 N–H and O–H groups in total. The minimum Gasteiger partial charge on any atom is -0.352 e. The van der Waals surface area contributed by atoms with Crippen LogP contribution in [0.25, 0.3) is 0 Å². The van der Waals surface area contributed by atoms with E-state index >= 15 is 0 Å². The molecule has 100 valence electrons. The molecule has 0 heterocycles. The van der Waals surface area contributed by atoms with Crippen LogP contribution in [0.4, 0.5) is 0 Å². The maximum atomic E-state index is 11.2. The Morgan fingerprint density at radius 3 is 2.12 bits per heavy atom. The monoisotopic (exact) mass is 239 g/mol. The Bertz CT molecular complexity index is 221. The van der Waals surface area contributed by atoms with Crippen LogP contribution >= 0.6 is 0 Å².